The van der Waals surface area contributed by atoms with Gasteiger partial charge in [0.15, 0.2) is 9.84 Å². The molecule has 0 bridgehead atoms. The Labute approximate surface area is 126 Å². The Morgan fingerprint density at radius 3 is 2.52 bits per heavy atom. The molecular weight excluding hydrogens is 312 g/mol. The van der Waals surface area contributed by atoms with Crippen molar-refractivity contribution in [3.8, 4) is 0 Å². The van der Waals surface area contributed by atoms with E-state index < -0.39 is 14.8 Å². The summed E-state index contributed by atoms with van der Waals surface area (Å²) in [5, 5.41) is 14.1. The molecule has 1 aromatic heterocycles. The van der Waals surface area contributed by atoms with Gasteiger partial charge in [0.05, 0.1) is 9.82 Å². The maximum atomic E-state index is 11.5. The predicted octanol–water partition coefficient (Wildman–Crippen LogP) is 2.98. The summed E-state index contributed by atoms with van der Waals surface area (Å²) in [4.78, 5) is 12.7. The van der Waals surface area contributed by atoms with E-state index in [0.717, 1.165) is 22.1 Å². The van der Waals surface area contributed by atoms with Crippen LogP contribution in [0.4, 0.5) is 11.4 Å². The van der Waals surface area contributed by atoms with Crippen LogP contribution in [0.15, 0.2) is 35.2 Å². The Kier molecular flexibility index (Phi) is 4.29. The highest BCUT2D eigenvalue weighted by atomic mass is 32.2. The summed E-state index contributed by atoms with van der Waals surface area (Å²) in [6.45, 7) is 2.44. The Bertz CT molecular complexity index is 781. The molecule has 0 aliphatic carbocycles. The number of anilines is 1. The molecule has 0 fully saturated rings. The molecule has 0 atom stereocenters. The van der Waals surface area contributed by atoms with Gasteiger partial charge in [-0.05, 0) is 31.2 Å². The minimum Gasteiger partial charge on any atom is -0.375 e. The molecule has 2 rings (SSSR count). The number of hydrogen-bond donors (Lipinski definition) is 1. The van der Waals surface area contributed by atoms with Gasteiger partial charge in [0.2, 0.25) is 0 Å². The van der Waals surface area contributed by atoms with Crippen molar-refractivity contribution in [1.82, 2.24) is 0 Å². The smallest absolute Gasteiger partial charge is 0.293 e. The van der Waals surface area contributed by atoms with Crippen LogP contribution in [0.2, 0.25) is 0 Å². The van der Waals surface area contributed by atoms with E-state index in [1.54, 1.807) is 11.3 Å². The van der Waals surface area contributed by atoms with E-state index in [-0.39, 0.29) is 10.6 Å². The summed E-state index contributed by atoms with van der Waals surface area (Å²) < 4.78 is 22.9. The van der Waals surface area contributed by atoms with Crippen LogP contribution in [-0.2, 0) is 16.4 Å². The van der Waals surface area contributed by atoms with Crippen molar-refractivity contribution in [2.24, 2.45) is 0 Å². The van der Waals surface area contributed by atoms with Gasteiger partial charge in [0, 0.05) is 28.6 Å². The Morgan fingerprint density at radius 2 is 2.00 bits per heavy atom. The minimum absolute atomic E-state index is 0.0632. The first-order chi connectivity index (χ1) is 9.77. The van der Waals surface area contributed by atoms with Crippen molar-refractivity contribution >= 4 is 32.5 Å². The highest BCUT2D eigenvalue weighted by molar-refractivity contribution is 7.90. The fourth-order valence-corrected chi connectivity index (χ4v) is 3.28. The van der Waals surface area contributed by atoms with Gasteiger partial charge >= 0.3 is 0 Å². The SMILES string of the molecule is Cc1ccc(CNc2ccc(S(C)(=O)=O)cc2[N+](=O)[O-])s1. The van der Waals surface area contributed by atoms with E-state index in [9.17, 15) is 18.5 Å². The number of rotatable bonds is 5. The molecule has 0 saturated carbocycles. The summed E-state index contributed by atoms with van der Waals surface area (Å²) >= 11 is 1.60. The highest BCUT2D eigenvalue weighted by Crippen LogP contribution is 2.28. The zero-order valence-electron chi connectivity index (χ0n) is 11.5. The molecule has 0 amide bonds. The Morgan fingerprint density at radius 1 is 1.29 bits per heavy atom. The van der Waals surface area contributed by atoms with Crippen molar-refractivity contribution in [1.29, 1.82) is 0 Å². The second-order valence-electron chi connectivity index (χ2n) is 4.57. The Hall–Kier alpha value is -1.93. The van der Waals surface area contributed by atoms with Gasteiger partial charge in [-0.1, -0.05) is 0 Å². The quantitative estimate of drug-likeness (QED) is 0.674. The first kappa shape index (κ1) is 15.5. The zero-order valence-corrected chi connectivity index (χ0v) is 13.1. The van der Waals surface area contributed by atoms with Gasteiger partial charge in [0.25, 0.3) is 5.69 Å². The van der Waals surface area contributed by atoms with Crippen LogP contribution in [0.3, 0.4) is 0 Å². The summed E-state index contributed by atoms with van der Waals surface area (Å²) in [5.41, 5.74) is 0.0599. The van der Waals surface area contributed by atoms with Crippen LogP contribution in [-0.4, -0.2) is 19.6 Å². The van der Waals surface area contributed by atoms with E-state index in [4.69, 9.17) is 0 Å². The number of nitrogens with one attached hydrogen (secondary N) is 1. The predicted molar refractivity (Wildman–Crippen MR) is 82.6 cm³/mol. The fourth-order valence-electron chi connectivity index (χ4n) is 1.81. The zero-order chi connectivity index (χ0) is 15.6. The molecule has 2 aromatic rings. The average molecular weight is 326 g/mol. The van der Waals surface area contributed by atoms with E-state index in [1.807, 2.05) is 19.1 Å². The van der Waals surface area contributed by atoms with Gasteiger partial charge in [-0.15, -0.1) is 11.3 Å². The average Bonchev–Trinajstić information content (AvgIpc) is 2.80. The lowest BCUT2D eigenvalue weighted by Crippen LogP contribution is -2.04. The number of hydrogen-bond acceptors (Lipinski definition) is 6. The van der Waals surface area contributed by atoms with Gasteiger partial charge in [-0.25, -0.2) is 8.42 Å². The first-order valence-corrected chi connectivity index (χ1v) is 8.76. The van der Waals surface area contributed by atoms with Crippen LogP contribution >= 0.6 is 11.3 Å². The summed E-state index contributed by atoms with van der Waals surface area (Å²) in [6.07, 6.45) is 1.02. The third-order valence-corrected chi connectivity index (χ3v) is 4.95. The molecule has 1 aromatic carbocycles. The molecule has 0 aliphatic rings. The van der Waals surface area contributed by atoms with Gasteiger partial charge < -0.3 is 5.32 Å². The molecule has 21 heavy (non-hydrogen) atoms. The van der Waals surface area contributed by atoms with E-state index >= 15 is 0 Å². The second-order valence-corrected chi connectivity index (χ2v) is 7.96. The number of nitro groups is 1. The monoisotopic (exact) mass is 326 g/mol. The van der Waals surface area contributed by atoms with E-state index in [1.165, 1.54) is 12.1 Å². The van der Waals surface area contributed by atoms with Crippen LogP contribution in [0.1, 0.15) is 9.75 Å². The standard InChI is InChI=1S/C13H14N2O4S2/c1-9-3-4-10(20-9)8-14-12-6-5-11(21(2,18)19)7-13(12)15(16)17/h3-7,14H,8H2,1-2H3. The fraction of sp³-hybridized carbons (Fsp3) is 0.231. The molecular formula is C13H14N2O4S2. The molecule has 0 unspecified atom stereocenters. The maximum Gasteiger partial charge on any atom is 0.293 e. The van der Waals surface area contributed by atoms with Crippen molar-refractivity contribution in [2.75, 3.05) is 11.6 Å². The number of nitrogens with zero attached hydrogens (tertiary/aromatic N) is 1. The topological polar surface area (TPSA) is 89.3 Å². The number of thiophene rings is 1. The van der Waals surface area contributed by atoms with Crippen molar-refractivity contribution < 1.29 is 13.3 Å². The van der Waals surface area contributed by atoms with Crippen LogP contribution < -0.4 is 5.32 Å². The largest absolute Gasteiger partial charge is 0.375 e. The molecule has 1 N–H and O–H groups in total. The first-order valence-electron chi connectivity index (χ1n) is 6.05. The van der Waals surface area contributed by atoms with Gasteiger partial charge in [-0.2, -0.15) is 0 Å². The molecule has 112 valence electrons. The number of sulfone groups is 1. The third kappa shape index (κ3) is 3.79. The third-order valence-electron chi connectivity index (χ3n) is 2.84. The molecule has 1 heterocycles. The normalized spacial score (nSPS) is 11.3. The molecule has 6 nitrogen and oxygen atoms in total. The summed E-state index contributed by atoms with van der Waals surface area (Å²) in [7, 11) is -3.47. The molecule has 0 saturated heterocycles. The molecule has 0 radical (unpaired) electrons. The van der Waals surface area contributed by atoms with Crippen LogP contribution in [0, 0.1) is 17.0 Å². The summed E-state index contributed by atoms with van der Waals surface area (Å²) in [5.74, 6) is 0. The van der Waals surface area contributed by atoms with Crippen LogP contribution in [0.5, 0.6) is 0 Å². The van der Waals surface area contributed by atoms with Gasteiger partial charge in [0.1, 0.15) is 5.69 Å². The van der Waals surface area contributed by atoms with E-state index in [2.05, 4.69) is 5.32 Å². The lowest BCUT2D eigenvalue weighted by molar-refractivity contribution is -0.384. The molecule has 8 heteroatoms. The van der Waals surface area contributed by atoms with Gasteiger partial charge in [-0.3, -0.25) is 10.1 Å². The minimum atomic E-state index is -3.47. The molecule has 0 aliphatic heterocycles. The number of nitro benzene ring substituents is 1. The Balaban J connectivity index is 2.28. The van der Waals surface area contributed by atoms with E-state index in [0.29, 0.717) is 12.2 Å². The number of aryl methyl sites for hydroxylation is 1. The molecule has 0 spiro atoms. The number of benzene rings is 1. The second kappa shape index (κ2) is 5.82. The highest BCUT2D eigenvalue weighted by Gasteiger charge is 2.18. The van der Waals surface area contributed by atoms with Crippen LogP contribution in [0.25, 0.3) is 0 Å². The lowest BCUT2D eigenvalue weighted by Gasteiger charge is -2.07. The van der Waals surface area contributed by atoms with Crippen molar-refractivity contribution in [2.45, 2.75) is 18.4 Å². The van der Waals surface area contributed by atoms with Crippen molar-refractivity contribution in [3.05, 3.63) is 50.2 Å². The lowest BCUT2D eigenvalue weighted by atomic mass is 10.2. The summed E-state index contributed by atoms with van der Waals surface area (Å²) in [6, 6.07) is 7.79. The maximum absolute atomic E-state index is 11.5. The van der Waals surface area contributed by atoms with Crippen molar-refractivity contribution in [3.63, 3.8) is 0 Å².